The van der Waals surface area contributed by atoms with Gasteiger partial charge in [0, 0.05) is 17.8 Å². The van der Waals surface area contributed by atoms with Gasteiger partial charge in [-0.05, 0) is 38.2 Å². The first kappa shape index (κ1) is 10.9. The molecule has 1 aromatic rings. The molecule has 76 valence electrons. The van der Waals surface area contributed by atoms with Gasteiger partial charge in [-0.3, -0.25) is 0 Å². The normalized spacial score (nSPS) is 9.64. The summed E-state index contributed by atoms with van der Waals surface area (Å²) in [6.07, 6.45) is 0. The highest BCUT2D eigenvalue weighted by Crippen LogP contribution is 2.16. The minimum Gasteiger partial charge on any atom is -0.363 e. The van der Waals surface area contributed by atoms with E-state index in [-0.39, 0.29) is 5.82 Å². The maximum Gasteiger partial charge on any atom is 0.170 e. The minimum absolute atomic E-state index is 0.228. The van der Waals surface area contributed by atoms with E-state index in [1.165, 1.54) is 6.07 Å². The number of rotatable bonds is 2. The van der Waals surface area contributed by atoms with Crippen LogP contribution >= 0.6 is 12.2 Å². The lowest BCUT2D eigenvalue weighted by Gasteiger charge is -2.11. The molecule has 4 heteroatoms. The Kier molecular flexibility index (Phi) is 3.83. The topological polar surface area (TPSA) is 24.1 Å². The smallest absolute Gasteiger partial charge is 0.170 e. The van der Waals surface area contributed by atoms with Gasteiger partial charge in [0.1, 0.15) is 5.82 Å². The van der Waals surface area contributed by atoms with Gasteiger partial charge >= 0.3 is 0 Å². The average Bonchev–Trinajstić information content (AvgIpc) is 2.13. The number of hydrogen-bond acceptors (Lipinski definition) is 1. The number of hydrogen-bond donors (Lipinski definition) is 2. The van der Waals surface area contributed by atoms with Crippen LogP contribution < -0.4 is 10.6 Å². The largest absolute Gasteiger partial charge is 0.363 e. The lowest BCUT2D eigenvalue weighted by molar-refractivity contribution is 0.619. The van der Waals surface area contributed by atoms with Crippen LogP contribution in [0.15, 0.2) is 18.2 Å². The van der Waals surface area contributed by atoms with Crippen molar-refractivity contribution in [1.82, 2.24) is 5.32 Å². The van der Waals surface area contributed by atoms with E-state index in [1.807, 2.05) is 6.92 Å². The van der Waals surface area contributed by atoms with Crippen molar-refractivity contribution in [3.05, 3.63) is 29.6 Å². The van der Waals surface area contributed by atoms with E-state index in [4.69, 9.17) is 12.2 Å². The van der Waals surface area contributed by atoms with Gasteiger partial charge in [0.25, 0.3) is 0 Å². The molecule has 0 saturated heterocycles. The van der Waals surface area contributed by atoms with Crippen molar-refractivity contribution >= 4 is 23.0 Å². The lowest BCUT2D eigenvalue weighted by Crippen LogP contribution is -2.28. The fourth-order valence-corrected chi connectivity index (χ4v) is 1.32. The number of benzene rings is 1. The molecule has 0 saturated carbocycles. The van der Waals surface area contributed by atoms with Crippen LogP contribution in [-0.4, -0.2) is 11.7 Å². The van der Waals surface area contributed by atoms with Crippen LogP contribution in [0.4, 0.5) is 10.1 Å². The summed E-state index contributed by atoms with van der Waals surface area (Å²) in [6.45, 7) is 4.42. The van der Waals surface area contributed by atoms with E-state index in [0.29, 0.717) is 16.4 Å². The van der Waals surface area contributed by atoms with Gasteiger partial charge < -0.3 is 10.6 Å². The summed E-state index contributed by atoms with van der Waals surface area (Å²) in [5, 5.41) is 6.39. The summed E-state index contributed by atoms with van der Waals surface area (Å²) in [5.74, 6) is -0.228. The molecule has 0 atom stereocenters. The van der Waals surface area contributed by atoms with Gasteiger partial charge in [-0.25, -0.2) is 4.39 Å². The monoisotopic (exact) mass is 212 g/mol. The first-order valence-corrected chi connectivity index (χ1v) is 4.86. The van der Waals surface area contributed by atoms with Crippen LogP contribution in [-0.2, 0) is 0 Å². The maximum atomic E-state index is 13.1. The third-order valence-electron chi connectivity index (χ3n) is 1.85. The van der Waals surface area contributed by atoms with Crippen LogP contribution in [0, 0.1) is 12.7 Å². The fraction of sp³-hybridized carbons (Fsp3) is 0.300. The molecular formula is C10H13FN2S. The van der Waals surface area contributed by atoms with Gasteiger partial charge in [0.2, 0.25) is 0 Å². The van der Waals surface area contributed by atoms with E-state index in [0.717, 1.165) is 6.54 Å². The van der Waals surface area contributed by atoms with E-state index < -0.39 is 0 Å². The molecule has 0 aromatic heterocycles. The van der Waals surface area contributed by atoms with Crippen LogP contribution in [0.1, 0.15) is 12.5 Å². The highest BCUT2D eigenvalue weighted by atomic mass is 32.1. The molecular weight excluding hydrogens is 199 g/mol. The quantitative estimate of drug-likeness (QED) is 0.736. The molecule has 1 aromatic carbocycles. The Balaban J connectivity index is 2.76. The first-order chi connectivity index (χ1) is 6.65. The number of thiocarbonyl (C=S) groups is 1. The Labute approximate surface area is 88.5 Å². The Hall–Kier alpha value is -1.16. The van der Waals surface area contributed by atoms with E-state index in [1.54, 1.807) is 19.1 Å². The molecule has 0 aliphatic carbocycles. The maximum absolute atomic E-state index is 13.1. The minimum atomic E-state index is -0.228. The first-order valence-electron chi connectivity index (χ1n) is 4.45. The molecule has 0 amide bonds. The van der Waals surface area contributed by atoms with Crippen LogP contribution in [0.5, 0.6) is 0 Å². The van der Waals surface area contributed by atoms with Crippen molar-refractivity contribution in [1.29, 1.82) is 0 Å². The zero-order valence-electron chi connectivity index (χ0n) is 8.23. The number of halogens is 1. The van der Waals surface area contributed by atoms with Crippen molar-refractivity contribution in [3.8, 4) is 0 Å². The van der Waals surface area contributed by atoms with E-state index in [9.17, 15) is 4.39 Å². The second-order valence-corrected chi connectivity index (χ2v) is 3.31. The predicted molar refractivity (Wildman–Crippen MR) is 61.0 cm³/mol. The Bertz CT molecular complexity index is 339. The van der Waals surface area contributed by atoms with Crippen molar-refractivity contribution in [2.24, 2.45) is 0 Å². The zero-order chi connectivity index (χ0) is 10.6. The van der Waals surface area contributed by atoms with Crippen molar-refractivity contribution in [3.63, 3.8) is 0 Å². The summed E-state index contributed by atoms with van der Waals surface area (Å²) in [5.41, 5.74) is 1.28. The summed E-state index contributed by atoms with van der Waals surface area (Å²) < 4.78 is 13.1. The SMILES string of the molecule is CCNC(=S)Nc1cccc(F)c1C. The van der Waals surface area contributed by atoms with Crippen LogP contribution in [0.3, 0.4) is 0 Å². The molecule has 0 unspecified atom stereocenters. The molecule has 0 fully saturated rings. The summed E-state index contributed by atoms with van der Waals surface area (Å²) >= 11 is 4.99. The van der Waals surface area contributed by atoms with Gasteiger partial charge in [-0.2, -0.15) is 0 Å². The Morgan fingerprint density at radius 3 is 2.86 bits per heavy atom. The van der Waals surface area contributed by atoms with Crippen molar-refractivity contribution in [2.75, 3.05) is 11.9 Å². The average molecular weight is 212 g/mol. The third kappa shape index (κ3) is 2.67. The summed E-state index contributed by atoms with van der Waals surface area (Å²) in [6, 6.07) is 4.87. The van der Waals surface area contributed by atoms with Gasteiger partial charge in [-0.15, -0.1) is 0 Å². The second kappa shape index (κ2) is 4.91. The van der Waals surface area contributed by atoms with E-state index >= 15 is 0 Å². The molecule has 2 nitrogen and oxygen atoms in total. The number of nitrogens with one attached hydrogen (secondary N) is 2. The fourth-order valence-electron chi connectivity index (χ4n) is 1.07. The molecule has 2 N–H and O–H groups in total. The Morgan fingerprint density at radius 1 is 1.50 bits per heavy atom. The lowest BCUT2D eigenvalue weighted by atomic mass is 10.2. The predicted octanol–water partition coefficient (Wildman–Crippen LogP) is 2.44. The standard InChI is InChI=1S/C10H13FN2S/c1-3-12-10(14)13-9-6-4-5-8(11)7(9)2/h4-6H,3H2,1-2H3,(H2,12,13,14). The van der Waals surface area contributed by atoms with Crippen molar-refractivity contribution < 1.29 is 4.39 Å². The molecule has 1 rings (SSSR count). The molecule has 0 spiro atoms. The molecule has 0 aliphatic heterocycles. The second-order valence-electron chi connectivity index (χ2n) is 2.90. The van der Waals surface area contributed by atoms with Crippen molar-refractivity contribution in [2.45, 2.75) is 13.8 Å². The van der Waals surface area contributed by atoms with Crippen LogP contribution in [0.25, 0.3) is 0 Å². The highest BCUT2D eigenvalue weighted by Gasteiger charge is 2.03. The zero-order valence-corrected chi connectivity index (χ0v) is 9.04. The van der Waals surface area contributed by atoms with Gasteiger partial charge in [0.05, 0.1) is 0 Å². The van der Waals surface area contributed by atoms with E-state index in [2.05, 4.69) is 10.6 Å². The summed E-state index contributed by atoms with van der Waals surface area (Å²) in [4.78, 5) is 0. The number of anilines is 1. The van der Waals surface area contributed by atoms with Crippen LogP contribution in [0.2, 0.25) is 0 Å². The summed E-state index contributed by atoms with van der Waals surface area (Å²) in [7, 11) is 0. The Morgan fingerprint density at radius 2 is 2.21 bits per heavy atom. The molecule has 0 heterocycles. The molecule has 0 aliphatic rings. The van der Waals surface area contributed by atoms with Gasteiger partial charge in [-0.1, -0.05) is 6.07 Å². The van der Waals surface area contributed by atoms with Gasteiger partial charge in [0.15, 0.2) is 5.11 Å². The third-order valence-corrected chi connectivity index (χ3v) is 2.10. The highest BCUT2D eigenvalue weighted by molar-refractivity contribution is 7.80. The molecule has 0 radical (unpaired) electrons. The molecule has 0 bridgehead atoms. The molecule has 14 heavy (non-hydrogen) atoms.